The highest BCUT2D eigenvalue weighted by molar-refractivity contribution is 7.99. The van der Waals surface area contributed by atoms with Crippen molar-refractivity contribution in [3.05, 3.63) is 12.2 Å². The molecule has 0 unspecified atom stereocenters. The number of hydrogen-bond acceptors (Lipinski definition) is 15. The first kappa shape index (κ1) is 86.6. The molecule has 24 nitrogen and oxygen atoms in total. The Hall–Kier alpha value is -5.47. The third kappa shape index (κ3) is 26.0. The number of amides is 11. The van der Waals surface area contributed by atoms with Crippen molar-refractivity contribution in [2.45, 2.75) is 241 Å². The smallest absolute Gasteiger partial charge is 0.246 e. The highest BCUT2D eigenvalue weighted by Gasteiger charge is 2.45. The van der Waals surface area contributed by atoms with Crippen LogP contribution in [0.15, 0.2) is 12.2 Å². The van der Waals surface area contributed by atoms with Gasteiger partial charge in [-0.3, -0.25) is 52.7 Å². The topological polar surface area (TPSA) is 282 Å². The van der Waals surface area contributed by atoms with Gasteiger partial charge < -0.3 is 65.6 Å². The van der Waals surface area contributed by atoms with Crippen LogP contribution < -0.4 is 21.3 Å². The molecule has 0 saturated carbocycles. The van der Waals surface area contributed by atoms with E-state index in [0.29, 0.717) is 12.2 Å². The number of nitrogens with zero attached hydrogens (tertiary/aromatic N) is 8. The maximum absolute atomic E-state index is 15.5. The highest BCUT2D eigenvalue weighted by atomic mass is 32.2. The zero-order chi connectivity index (χ0) is 73.5. The zero-order valence-electron chi connectivity index (χ0n) is 62.9. The second-order valence-electron chi connectivity index (χ2n) is 29.5. The zero-order valence-corrected chi connectivity index (χ0v) is 64.5. The molecule has 0 aromatic carbocycles. The van der Waals surface area contributed by atoms with Gasteiger partial charge in [-0.25, -0.2) is 0 Å². The molecule has 0 aromatic heterocycles. The number of thioether (sulfide) groups is 2. The number of rotatable bonds is 21. The summed E-state index contributed by atoms with van der Waals surface area (Å²) in [5.74, 6) is -6.01. The molecule has 2 aliphatic heterocycles. The average molecular weight is 1390 g/mol. The standard InChI is InChI=1S/C70H126N12O12S2/c1-25-27-29-47(13)39-52-61(85)73-50(26-2)64(88)80(23)56(41-96-33-28-30-82-31-34-95-35-32-82)67(91)79(22)55(40-70(16,17)94)62(86)74-57(45(9)10)68(92)75(18)51(36-42(3)4)60(84)71-48(14)59(83)72-49(15)63(87)77(20)53(37-43(5)6)65(89)78(21)54(38-44(7)8)66(90)81(24)58(46(11)12)69(93)76(52)19/h25,27,42-58,94H,26,28-41H2,1-24H3,(H,71,84)(H,72,83)(H,73,85)(H,74,86)/b27-25+/t47-,48-,49+,50+,51-,52+,53+,54+,55+,56-,57-,58+/m1/s1. The monoisotopic (exact) mass is 1390 g/mol. The van der Waals surface area contributed by atoms with Crippen molar-refractivity contribution >= 4 is 88.5 Å². The molecule has 2 aliphatic rings. The Balaban J connectivity index is 3.08. The van der Waals surface area contributed by atoms with Crippen molar-refractivity contribution in [1.29, 1.82) is 0 Å². The Bertz CT molecular complexity index is 2610. The van der Waals surface area contributed by atoms with E-state index in [2.05, 4.69) is 26.2 Å². The van der Waals surface area contributed by atoms with Crippen LogP contribution in [0.1, 0.15) is 169 Å². The van der Waals surface area contributed by atoms with Crippen LogP contribution in [0.4, 0.5) is 0 Å². The van der Waals surface area contributed by atoms with Crippen LogP contribution in [0.25, 0.3) is 0 Å². The first-order valence-electron chi connectivity index (χ1n) is 34.9. The van der Waals surface area contributed by atoms with Crippen LogP contribution in [0.5, 0.6) is 0 Å². The van der Waals surface area contributed by atoms with E-state index in [-0.39, 0.29) is 67.9 Å². The van der Waals surface area contributed by atoms with Gasteiger partial charge in [-0.05, 0) is 127 Å². The van der Waals surface area contributed by atoms with Gasteiger partial charge in [0, 0.05) is 86.1 Å². The Labute approximate surface area is 584 Å². The van der Waals surface area contributed by atoms with Crippen molar-refractivity contribution in [1.82, 2.24) is 60.5 Å². The fourth-order valence-corrected chi connectivity index (χ4v) is 14.4. The first-order valence-corrected chi connectivity index (χ1v) is 37.2. The van der Waals surface area contributed by atoms with Crippen LogP contribution >= 0.6 is 23.5 Å². The summed E-state index contributed by atoms with van der Waals surface area (Å²) in [6.45, 7) is 32.5. The summed E-state index contributed by atoms with van der Waals surface area (Å²) in [5, 5.41) is 22.7. The molecular formula is C70H126N12O12S2. The quantitative estimate of drug-likeness (QED) is 0.0751. The molecule has 0 bridgehead atoms. The summed E-state index contributed by atoms with van der Waals surface area (Å²) in [7, 11) is 10.3. The number of allylic oxidation sites excluding steroid dienone is 2. The SMILES string of the molecule is C/C=C/C[C@@H](C)C[C@H]1C(=O)N[C@@H](CC)C(=O)N(C)[C@H](CSCCCN2CCSCC2)C(=O)N(C)[C@@H](CC(C)(C)O)C(=O)N[C@H](C(C)C)C(=O)N(C)[C@H](CC(C)C)C(=O)N[C@H](C)C(=O)N[C@@H](C)C(=O)N(C)[C@@H](CC(C)C)C(=O)N(C)[C@@H](CC(C)C)C(=O)N(C)[C@@H](C(C)C)C(=O)N1C. The van der Waals surface area contributed by atoms with Crippen molar-refractivity contribution in [3.8, 4) is 0 Å². The van der Waals surface area contributed by atoms with Crippen molar-refractivity contribution in [2.24, 2.45) is 35.5 Å². The van der Waals surface area contributed by atoms with Gasteiger partial charge >= 0.3 is 0 Å². The molecule has 0 spiro atoms. The molecule has 2 rings (SSSR count). The lowest BCUT2D eigenvalue weighted by molar-refractivity contribution is -0.156. The Morgan fingerprint density at radius 1 is 0.521 bits per heavy atom. The molecule has 11 amide bonds. The van der Waals surface area contributed by atoms with E-state index in [1.54, 1.807) is 34.6 Å². The number of likely N-dealkylation sites (N-methyl/N-ethyl adjacent to an activating group) is 7. The highest BCUT2D eigenvalue weighted by Crippen LogP contribution is 2.27. The van der Waals surface area contributed by atoms with Crippen LogP contribution in [0, 0.1) is 35.5 Å². The second-order valence-corrected chi connectivity index (χ2v) is 31.9. The third-order valence-corrected chi connectivity index (χ3v) is 20.4. The van der Waals surface area contributed by atoms with E-state index in [1.807, 2.05) is 79.3 Å². The van der Waals surface area contributed by atoms with E-state index in [4.69, 9.17) is 0 Å². The Morgan fingerprint density at radius 3 is 1.46 bits per heavy atom. The van der Waals surface area contributed by atoms with Crippen molar-refractivity contribution in [3.63, 3.8) is 0 Å². The molecule has 0 aromatic rings. The van der Waals surface area contributed by atoms with Gasteiger partial charge in [0.1, 0.15) is 66.5 Å². The molecule has 12 atom stereocenters. The lowest BCUT2D eigenvalue weighted by atomic mass is 9.93. The molecule has 5 N–H and O–H groups in total. The average Bonchev–Trinajstić information content (AvgIpc) is 0.836. The number of hydrogen-bond donors (Lipinski definition) is 5. The van der Waals surface area contributed by atoms with Crippen LogP contribution in [0.2, 0.25) is 0 Å². The van der Waals surface area contributed by atoms with Gasteiger partial charge in [-0.2, -0.15) is 23.5 Å². The maximum atomic E-state index is 15.5. The lowest BCUT2D eigenvalue weighted by Crippen LogP contribution is -2.62. The number of carbonyl (C=O) groups is 11. The molecule has 2 fully saturated rings. The summed E-state index contributed by atoms with van der Waals surface area (Å²) in [6.07, 6.45) is 5.60. The van der Waals surface area contributed by atoms with E-state index in [1.165, 1.54) is 123 Å². The Morgan fingerprint density at radius 2 is 0.958 bits per heavy atom. The van der Waals surface area contributed by atoms with Gasteiger partial charge in [0.15, 0.2) is 0 Å². The molecule has 96 heavy (non-hydrogen) atoms. The van der Waals surface area contributed by atoms with E-state index < -0.39 is 149 Å². The summed E-state index contributed by atoms with van der Waals surface area (Å²) < 4.78 is 0. The Kier molecular flexibility index (Phi) is 36.6. The van der Waals surface area contributed by atoms with E-state index in [0.717, 1.165) is 37.6 Å². The van der Waals surface area contributed by atoms with Gasteiger partial charge in [-0.15, -0.1) is 0 Å². The minimum absolute atomic E-state index is 0.0678. The van der Waals surface area contributed by atoms with Crippen molar-refractivity contribution in [2.75, 3.05) is 92.0 Å². The minimum atomic E-state index is -1.56. The van der Waals surface area contributed by atoms with Gasteiger partial charge in [-0.1, -0.05) is 95.2 Å². The molecule has 2 heterocycles. The molecular weight excluding hydrogens is 1260 g/mol. The van der Waals surface area contributed by atoms with E-state index in [9.17, 15) is 24.3 Å². The van der Waals surface area contributed by atoms with Gasteiger partial charge in [0.25, 0.3) is 0 Å². The second kappa shape index (κ2) is 40.6. The molecule has 0 radical (unpaired) electrons. The molecule has 550 valence electrons. The summed E-state index contributed by atoms with van der Waals surface area (Å²) in [5.41, 5.74) is -1.56. The normalized spacial score (nSPS) is 26.9. The van der Waals surface area contributed by atoms with Crippen LogP contribution in [-0.4, -0.2) is 273 Å². The van der Waals surface area contributed by atoms with Crippen LogP contribution in [0.3, 0.4) is 0 Å². The molecule has 26 heteroatoms. The van der Waals surface area contributed by atoms with Gasteiger partial charge in [0.05, 0.1) is 5.60 Å². The number of nitrogens with one attached hydrogen (secondary N) is 4. The van der Waals surface area contributed by atoms with E-state index >= 15 is 33.6 Å². The number of aliphatic hydroxyl groups is 1. The lowest BCUT2D eigenvalue weighted by Gasteiger charge is -2.41. The summed E-state index contributed by atoms with van der Waals surface area (Å²) >= 11 is 3.38. The maximum Gasteiger partial charge on any atom is 0.246 e. The number of carbonyl (C=O) groups excluding carboxylic acids is 11. The summed E-state index contributed by atoms with van der Waals surface area (Å²) in [6, 6.07) is -13.4. The fraction of sp³-hybridized carbons (Fsp3) is 0.814. The third-order valence-electron chi connectivity index (χ3n) is 18.4. The molecule has 2 saturated heterocycles. The predicted molar refractivity (Wildman–Crippen MR) is 383 cm³/mol. The van der Waals surface area contributed by atoms with Gasteiger partial charge in [0.2, 0.25) is 65.0 Å². The minimum Gasteiger partial charge on any atom is -0.390 e. The van der Waals surface area contributed by atoms with Crippen LogP contribution in [-0.2, 0) is 52.7 Å². The molecule has 0 aliphatic carbocycles. The predicted octanol–water partition coefficient (Wildman–Crippen LogP) is 4.95. The van der Waals surface area contributed by atoms with Crippen molar-refractivity contribution < 1.29 is 57.8 Å². The fourth-order valence-electron chi connectivity index (χ4n) is 12.3. The largest absolute Gasteiger partial charge is 0.390 e. The first-order chi connectivity index (χ1) is 44.6. The summed E-state index contributed by atoms with van der Waals surface area (Å²) in [4.78, 5) is 176.